The largest absolute Gasteiger partial charge is 0.328 e. The lowest BCUT2D eigenvalue weighted by Crippen LogP contribution is -2.18. The molecular formula is C12H19N3. The molecule has 2 N–H and O–H groups in total. The third kappa shape index (κ3) is 2.75. The SMILES string of the molecule is CC(N)Cc1cnc(C2CCCC2)nc1. The van der Waals surface area contributed by atoms with Crippen LogP contribution in [0.3, 0.4) is 0 Å². The van der Waals surface area contributed by atoms with Crippen molar-refractivity contribution < 1.29 is 0 Å². The zero-order valence-corrected chi connectivity index (χ0v) is 9.32. The first-order valence-electron chi connectivity index (χ1n) is 5.82. The van der Waals surface area contributed by atoms with E-state index in [1.54, 1.807) is 0 Å². The van der Waals surface area contributed by atoms with Crippen molar-refractivity contribution in [3.05, 3.63) is 23.8 Å². The third-order valence-electron chi connectivity index (χ3n) is 3.00. The highest BCUT2D eigenvalue weighted by Gasteiger charge is 2.19. The maximum absolute atomic E-state index is 5.73. The average molecular weight is 205 g/mol. The van der Waals surface area contributed by atoms with Crippen LogP contribution in [0.25, 0.3) is 0 Å². The number of nitrogens with zero attached hydrogens (tertiary/aromatic N) is 2. The highest BCUT2D eigenvalue weighted by molar-refractivity contribution is 5.09. The molecule has 1 heterocycles. The van der Waals surface area contributed by atoms with Crippen LogP contribution in [-0.2, 0) is 6.42 Å². The van der Waals surface area contributed by atoms with E-state index in [-0.39, 0.29) is 6.04 Å². The van der Waals surface area contributed by atoms with Gasteiger partial charge in [0.05, 0.1) is 0 Å². The third-order valence-corrected chi connectivity index (χ3v) is 3.00. The maximum Gasteiger partial charge on any atom is 0.131 e. The Labute approximate surface area is 91.1 Å². The number of nitrogens with two attached hydrogens (primary N) is 1. The van der Waals surface area contributed by atoms with Crippen molar-refractivity contribution in [1.29, 1.82) is 0 Å². The van der Waals surface area contributed by atoms with Crippen molar-refractivity contribution in [3.8, 4) is 0 Å². The summed E-state index contributed by atoms with van der Waals surface area (Å²) in [5.41, 5.74) is 6.87. The number of hydrogen-bond acceptors (Lipinski definition) is 3. The van der Waals surface area contributed by atoms with Crippen LogP contribution in [0.2, 0.25) is 0 Å². The molecule has 0 bridgehead atoms. The highest BCUT2D eigenvalue weighted by atomic mass is 14.9. The second-order valence-corrected chi connectivity index (χ2v) is 4.61. The predicted octanol–water partition coefficient (Wildman–Crippen LogP) is 2.02. The molecule has 1 unspecified atom stereocenters. The van der Waals surface area contributed by atoms with Gasteiger partial charge in [-0.25, -0.2) is 9.97 Å². The van der Waals surface area contributed by atoms with E-state index in [2.05, 4.69) is 9.97 Å². The monoisotopic (exact) mass is 205 g/mol. The maximum atomic E-state index is 5.73. The van der Waals surface area contributed by atoms with Gasteiger partial charge >= 0.3 is 0 Å². The molecular weight excluding hydrogens is 186 g/mol. The van der Waals surface area contributed by atoms with Gasteiger partial charge in [-0.15, -0.1) is 0 Å². The Balaban J connectivity index is 2.03. The van der Waals surface area contributed by atoms with Crippen molar-refractivity contribution in [3.63, 3.8) is 0 Å². The molecule has 15 heavy (non-hydrogen) atoms. The molecule has 0 aliphatic heterocycles. The average Bonchev–Trinajstić information content (AvgIpc) is 2.71. The van der Waals surface area contributed by atoms with Crippen LogP contribution in [0.4, 0.5) is 0 Å². The van der Waals surface area contributed by atoms with E-state index in [1.165, 1.54) is 25.7 Å². The van der Waals surface area contributed by atoms with E-state index in [9.17, 15) is 0 Å². The van der Waals surface area contributed by atoms with Crippen molar-refractivity contribution in [2.45, 2.75) is 51.0 Å². The smallest absolute Gasteiger partial charge is 0.131 e. The molecule has 82 valence electrons. The molecule has 0 radical (unpaired) electrons. The minimum Gasteiger partial charge on any atom is -0.328 e. The summed E-state index contributed by atoms with van der Waals surface area (Å²) >= 11 is 0. The van der Waals surface area contributed by atoms with Gasteiger partial charge in [0.25, 0.3) is 0 Å². The van der Waals surface area contributed by atoms with Gasteiger partial charge in [-0.1, -0.05) is 12.8 Å². The van der Waals surface area contributed by atoms with Crippen molar-refractivity contribution in [2.75, 3.05) is 0 Å². The van der Waals surface area contributed by atoms with Crippen LogP contribution in [0.15, 0.2) is 12.4 Å². The first kappa shape index (κ1) is 10.6. The molecule has 1 aromatic heterocycles. The zero-order valence-electron chi connectivity index (χ0n) is 9.32. The topological polar surface area (TPSA) is 51.8 Å². The molecule has 1 saturated carbocycles. The summed E-state index contributed by atoms with van der Waals surface area (Å²) in [7, 11) is 0. The van der Waals surface area contributed by atoms with Gasteiger partial charge in [0, 0.05) is 24.4 Å². The van der Waals surface area contributed by atoms with Crippen LogP contribution in [0.1, 0.15) is 49.9 Å². The fourth-order valence-electron chi connectivity index (χ4n) is 2.24. The first-order valence-corrected chi connectivity index (χ1v) is 5.82. The summed E-state index contributed by atoms with van der Waals surface area (Å²) in [5.74, 6) is 1.63. The molecule has 1 atom stereocenters. The first-order chi connectivity index (χ1) is 7.25. The fourth-order valence-corrected chi connectivity index (χ4v) is 2.24. The summed E-state index contributed by atoms with van der Waals surface area (Å²) in [6.45, 7) is 2.00. The molecule has 1 aliphatic carbocycles. The number of rotatable bonds is 3. The van der Waals surface area contributed by atoms with Crippen LogP contribution in [0.5, 0.6) is 0 Å². The second-order valence-electron chi connectivity index (χ2n) is 4.61. The van der Waals surface area contributed by atoms with Gasteiger partial charge in [0.1, 0.15) is 5.82 Å². The van der Waals surface area contributed by atoms with Gasteiger partial charge in [0.15, 0.2) is 0 Å². The van der Waals surface area contributed by atoms with Gasteiger partial charge in [-0.3, -0.25) is 0 Å². The number of aromatic nitrogens is 2. The summed E-state index contributed by atoms with van der Waals surface area (Å²) in [4.78, 5) is 8.89. The Kier molecular flexibility index (Phi) is 3.31. The highest BCUT2D eigenvalue weighted by Crippen LogP contribution is 2.31. The Bertz CT molecular complexity index is 299. The van der Waals surface area contributed by atoms with Crippen LogP contribution in [-0.4, -0.2) is 16.0 Å². The molecule has 0 aromatic carbocycles. The minimum absolute atomic E-state index is 0.186. The van der Waals surface area contributed by atoms with Crippen LogP contribution < -0.4 is 5.73 Å². The van der Waals surface area contributed by atoms with Gasteiger partial charge in [0.2, 0.25) is 0 Å². The van der Waals surface area contributed by atoms with E-state index in [1.807, 2.05) is 19.3 Å². The van der Waals surface area contributed by atoms with E-state index in [0.29, 0.717) is 5.92 Å². The van der Waals surface area contributed by atoms with E-state index < -0.39 is 0 Å². The lowest BCUT2D eigenvalue weighted by Gasteiger charge is -2.08. The lowest BCUT2D eigenvalue weighted by atomic mass is 10.1. The molecule has 2 rings (SSSR count). The molecule has 1 aliphatic rings. The molecule has 1 fully saturated rings. The summed E-state index contributed by atoms with van der Waals surface area (Å²) in [5, 5.41) is 0. The molecule has 1 aromatic rings. The minimum atomic E-state index is 0.186. The quantitative estimate of drug-likeness (QED) is 0.821. The fraction of sp³-hybridized carbons (Fsp3) is 0.667. The Hall–Kier alpha value is -0.960. The van der Waals surface area contributed by atoms with Gasteiger partial charge < -0.3 is 5.73 Å². The molecule has 3 heteroatoms. The second kappa shape index (κ2) is 4.71. The molecule has 0 saturated heterocycles. The van der Waals surface area contributed by atoms with Crippen LogP contribution in [0, 0.1) is 0 Å². The van der Waals surface area contributed by atoms with Gasteiger partial charge in [-0.2, -0.15) is 0 Å². The molecule has 0 spiro atoms. The standard InChI is InChI=1S/C12H19N3/c1-9(13)6-10-7-14-12(15-8-10)11-4-2-3-5-11/h7-9,11H,2-6,13H2,1H3. The Morgan fingerprint density at radius 3 is 2.47 bits per heavy atom. The van der Waals surface area contributed by atoms with E-state index in [4.69, 9.17) is 5.73 Å². The van der Waals surface area contributed by atoms with Gasteiger partial charge in [-0.05, 0) is 31.7 Å². The van der Waals surface area contributed by atoms with E-state index in [0.717, 1.165) is 17.8 Å². The summed E-state index contributed by atoms with van der Waals surface area (Å²) in [6.07, 6.45) is 9.91. The van der Waals surface area contributed by atoms with E-state index >= 15 is 0 Å². The van der Waals surface area contributed by atoms with Crippen molar-refractivity contribution in [1.82, 2.24) is 9.97 Å². The Morgan fingerprint density at radius 2 is 1.93 bits per heavy atom. The van der Waals surface area contributed by atoms with Crippen molar-refractivity contribution >= 4 is 0 Å². The van der Waals surface area contributed by atoms with Crippen molar-refractivity contribution in [2.24, 2.45) is 5.73 Å². The van der Waals surface area contributed by atoms with Crippen LogP contribution >= 0.6 is 0 Å². The Morgan fingerprint density at radius 1 is 1.33 bits per heavy atom. The molecule has 3 nitrogen and oxygen atoms in total. The normalized spacial score (nSPS) is 19.3. The predicted molar refractivity (Wildman–Crippen MR) is 60.6 cm³/mol. The zero-order chi connectivity index (χ0) is 10.7. The summed E-state index contributed by atoms with van der Waals surface area (Å²) in [6, 6.07) is 0.186. The summed E-state index contributed by atoms with van der Waals surface area (Å²) < 4.78 is 0. The molecule has 0 amide bonds. The number of hydrogen-bond donors (Lipinski definition) is 1. The lowest BCUT2D eigenvalue weighted by molar-refractivity contribution is 0.659.